The molecule has 0 fully saturated rings. The Hall–Kier alpha value is 1.69. The summed E-state index contributed by atoms with van der Waals surface area (Å²) in [5.74, 6) is 0. The van der Waals surface area contributed by atoms with Crippen molar-refractivity contribution >= 4 is 18.3 Å². The fraction of sp³-hybridized carbons (Fsp3) is 0. The van der Waals surface area contributed by atoms with Gasteiger partial charge in [0, 0.05) is 46.3 Å². The maximum atomic E-state index is 0. The first-order chi connectivity index (χ1) is 0. The molecule has 0 aliphatic rings. The minimum atomic E-state index is 0. The summed E-state index contributed by atoms with van der Waals surface area (Å²) in [6.45, 7) is 0. The van der Waals surface area contributed by atoms with Crippen molar-refractivity contribution in [2.45, 2.75) is 0 Å². The zero-order valence-corrected chi connectivity index (χ0v) is 6.49. The number of hydrogen-bond acceptors (Lipinski definition) is 0. The van der Waals surface area contributed by atoms with Crippen molar-refractivity contribution in [3.8, 4) is 0 Å². The van der Waals surface area contributed by atoms with Crippen LogP contribution >= 0.6 is 9.90 Å². The van der Waals surface area contributed by atoms with Crippen LogP contribution in [0.15, 0.2) is 0 Å². The molecule has 0 bridgehead atoms. The van der Waals surface area contributed by atoms with E-state index < -0.39 is 0 Å². The van der Waals surface area contributed by atoms with Gasteiger partial charge in [0.1, 0.15) is 0 Å². The van der Waals surface area contributed by atoms with Gasteiger partial charge in [-0.3, -0.25) is 0 Å². The summed E-state index contributed by atoms with van der Waals surface area (Å²) in [7, 11) is 0. The van der Waals surface area contributed by atoms with Gasteiger partial charge in [-0.1, -0.05) is 0 Å². The predicted molar refractivity (Wildman–Crippen MR) is 16.9 cm³/mol. The zero-order chi connectivity index (χ0) is 0. The topological polar surface area (TPSA) is 0 Å². The van der Waals surface area contributed by atoms with E-state index in [1.165, 1.54) is 0 Å². The summed E-state index contributed by atoms with van der Waals surface area (Å²) in [6, 6.07) is 0. The molecule has 0 aromatic rings. The maximum absolute atomic E-state index is 0. The third-order valence-corrected chi connectivity index (χ3v) is 0. The second-order valence-electron chi connectivity index (χ2n) is 0. The molecule has 0 aromatic heterocycles. The van der Waals surface area contributed by atoms with Crippen LogP contribution in [-0.2, 0) is 37.8 Å². The van der Waals surface area contributed by atoms with Gasteiger partial charge in [-0.05, 0) is 0 Å². The molecule has 4 heteroatoms. The molecule has 0 amide bonds. The Labute approximate surface area is 56.1 Å². The minimum Gasteiger partial charge on any atom is -0.153 e. The van der Waals surface area contributed by atoms with Crippen LogP contribution in [0.5, 0.6) is 0 Å². The molecular formula is H3BCoMoP. The summed E-state index contributed by atoms with van der Waals surface area (Å²) >= 11 is 0. The predicted octanol–water partition coefficient (Wildman–Crippen LogP) is -0.328. The van der Waals surface area contributed by atoms with E-state index in [9.17, 15) is 0 Å². The first-order valence-corrected chi connectivity index (χ1v) is 0. The van der Waals surface area contributed by atoms with Crippen molar-refractivity contribution in [2.75, 3.05) is 0 Å². The Morgan fingerprint density at radius 3 is 1.00 bits per heavy atom. The fourth-order valence-electron chi connectivity index (χ4n) is 0. The molecule has 0 aliphatic heterocycles. The molecule has 0 heterocycles. The van der Waals surface area contributed by atoms with Crippen LogP contribution in [0.4, 0.5) is 0 Å². The van der Waals surface area contributed by atoms with E-state index >= 15 is 0 Å². The summed E-state index contributed by atoms with van der Waals surface area (Å²) in [5.41, 5.74) is 0. The maximum Gasteiger partial charge on any atom is 0 e. The van der Waals surface area contributed by atoms with Gasteiger partial charge < -0.3 is 0 Å². The first kappa shape index (κ1) is 43.8. The van der Waals surface area contributed by atoms with Crippen molar-refractivity contribution in [2.24, 2.45) is 0 Å². The monoisotopic (exact) mass is 202 g/mol. The molecule has 26 valence electrons. The third-order valence-electron chi connectivity index (χ3n) is 0. The van der Waals surface area contributed by atoms with Crippen molar-refractivity contribution < 1.29 is 37.8 Å². The van der Waals surface area contributed by atoms with Gasteiger partial charge in [0.05, 0.1) is 0 Å². The van der Waals surface area contributed by atoms with Gasteiger partial charge in [-0.15, -0.1) is 0 Å². The molecule has 0 aliphatic carbocycles. The van der Waals surface area contributed by atoms with Crippen LogP contribution < -0.4 is 0 Å². The van der Waals surface area contributed by atoms with Gasteiger partial charge in [0.15, 0.2) is 0 Å². The second-order valence-corrected chi connectivity index (χ2v) is 0. The quantitative estimate of drug-likeness (QED) is 0.371. The van der Waals surface area contributed by atoms with Gasteiger partial charge in [-0.2, -0.15) is 9.90 Å². The van der Waals surface area contributed by atoms with Gasteiger partial charge >= 0.3 is 0 Å². The largest absolute Gasteiger partial charge is 0.153 e. The van der Waals surface area contributed by atoms with E-state index in [-0.39, 0.29) is 56.2 Å². The molecule has 0 spiro atoms. The smallest absolute Gasteiger partial charge is 0 e. The van der Waals surface area contributed by atoms with Crippen molar-refractivity contribution in [3.63, 3.8) is 0 Å². The van der Waals surface area contributed by atoms with Crippen molar-refractivity contribution in [1.82, 2.24) is 0 Å². The van der Waals surface area contributed by atoms with E-state index in [2.05, 4.69) is 0 Å². The van der Waals surface area contributed by atoms with Crippen LogP contribution in [0.1, 0.15) is 0 Å². The first-order valence-electron chi connectivity index (χ1n) is 0. The van der Waals surface area contributed by atoms with Gasteiger partial charge in [0.2, 0.25) is 0 Å². The summed E-state index contributed by atoms with van der Waals surface area (Å²) < 4.78 is 0. The normalized spacial score (nSPS) is 0. The van der Waals surface area contributed by atoms with Crippen LogP contribution in [0.2, 0.25) is 0 Å². The minimum absolute atomic E-state index is 0. The Balaban J connectivity index is 0. The molecule has 1 unspecified atom stereocenters. The third kappa shape index (κ3) is 9.35. The molecule has 4 heavy (non-hydrogen) atoms. The molecule has 0 saturated heterocycles. The van der Waals surface area contributed by atoms with E-state index in [0.717, 1.165) is 0 Å². The fourth-order valence-corrected chi connectivity index (χ4v) is 0. The van der Waals surface area contributed by atoms with Gasteiger partial charge in [-0.25, -0.2) is 0 Å². The molecule has 0 aromatic carbocycles. The molecule has 0 N–H and O–H groups in total. The molecule has 1 atom stereocenters. The van der Waals surface area contributed by atoms with E-state index in [0.29, 0.717) is 0 Å². The van der Waals surface area contributed by atoms with Crippen LogP contribution in [-0.4, -0.2) is 8.41 Å². The van der Waals surface area contributed by atoms with Crippen LogP contribution in [0.25, 0.3) is 0 Å². The zero-order valence-electron chi connectivity index (χ0n) is 2.03. The summed E-state index contributed by atoms with van der Waals surface area (Å²) in [6.07, 6.45) is 0. The Kier molecular flexibility index (Phi) is 245. The Bertz CT molecular complexity index is 8.00. The van der Waals surface area contributed by atoms with E-state index in [1.807, 2.05) is 0 Å². The summed E-state index contributed by atoms with van der Waals surface area (Å²) in [4.78, 5) is 0. The van der Waals surface area contributed by atoms with E-state index in [4.69, 9.17) is 0 Å². The average Bonchev–Trinajstić information content (AvgIpc) is 0. The summed E-state index contributed by atoms with van der Waals surface area (Å²) in [5, 5.41) is 0. The van der Waals surface area contributed by atoms with Crippen molar-refractivity contribution in [3.05, 3.63) is 0 Å². The number of rotatable bonds is 0. The second kappa shape index (κ2) is 22.4. The number of hydrogen-bond donors (Lipinski definition) is 0. The van der Waals surface area contributed by atoms with Gasteiger partial charge in [0.25, 0.3) is 0 Å². The van der Waals surface area contributed by atoms with E-state index in [1.54, 1.807) is 0 Å². The molecule has 4 radical (unpaired) electrons. The molecule has 0 rings (SSSR count). The Morgan fingerprint density at radius 1 is 1.00 bits per heavy atom. The van der Waals surface area contributed by atoms with Crippen LogP contribution in [0.3, 0.4) is 0 Å². The standard InChI is InChI=1S/B.Co.Mo.H3P/h;;;1H3. The average molecular weight is 200 g/mol. The molecule has 0 nitrogen and oxygen atoms in total. The van der Waals surface area contributed by atoms with Crippen molar-refractivity contribution in [1.29, 1.82) is 0 Å². The SMILES string of the molecule is P.[B].[Co].[Mo]. The van der Waals surface area contributed by atoms with Crippen LogP contribution in [0, 0.1) is 0 Å². The Morgan fingerprint density at radius 2 is 1.00 bits per heavy atom. The molecule has 0 saturated carbocycles. The molecular weight excluding hydrogens is 197 g/mol.